The van der Waals surface area contributed by atoms with E-state index in [1.807, 2.05) is 0 Å². The smallest absolute Gasteiger partial charge is 0.166 e. The molecule has 0 bridgehead atoms. The fourth-order valence-electron chi connectivity index (χ4n) is 1.37. The number of azide groups is 1. The van der Waals surface area contributed by atoms with Gasteiger partial charge in [-0.25, -0.2) is 0 Å². The number of halogens is 3. The average molecular weight is 229 g/mol. The van der Waals surface area contributed by atoms with Gasteiger partial charge in [-0.3, -0.25) is 0 Å². The molecule has 1 aromatic rings. The molecule has 1 rings (SSSR count). The van der Waals surface area contributed by atoms with Crippen molar-refractivity contribution in [3.8, 4) is 0 Å². The molecule has 16 heavy (non-hydrogen) atoms. The van der Waals surface area contributed by atoms with Gasteiger partial charge in [-0.15, -0.1) is 0 Å². The number of aryl methyl sites for hydroxylation is 1. The van der Waals surface area contributed by atoms with Crippen molar-refractivity contribution >= 4 is 0 Å². The van der Waals surface area contributed by atoms with Crippen LogP contribution < -0.4 is 0 Å². The molecule has 0 atom stereocenters. The fourth-order valence-corrected chi connectivity index (χ4v) is 1.37. The number of hydrogen-bond acceptors (Lipinski definition) is 1. The molecule has 0 N–H and O–H groups in total. The standard InChI is InChI=1S/C10H10F3N3/c1-7-6-9(10(11,12)13)3-2-8(7)4-5-15-16-14/h2-3,6H,4-5H2,1H3. The summed E-state index contributed by atoms with van der Waals surface area (Å²) in [6.07, 6.45) is -3.86. The van der Waals surface area contributed by atoms with Crippen LogP contribution in [0.3, 0.4) is 0 Å². The predicted molar refractivity (Wildman–Crippen MR) is 53.9 cm³/mol. The lowest BCUT2D eigenvalue weighted by Gasteiger charge is -2.10. The first-order valence-corrected chi connectivity index (χ1v) is 4.62. The second-order valence-corrected chi connectivity index (χ2v) is 3.34. The summed E-state index contributed by atoms with van der Waals surface area (Å²) in [6, 6.07) is 3.56. The zero-order valence-corrected chi connectivity index (χ0v) is 8.62. The molecule has 0 spiro atoms. The number of rotatable bonds is 3. The molecular weight excluding hydrogens is 219 g/mol. The van der Waals surface area contributed by atoms with E-state index in [2.05, 4.69) is 10.0 Å². The van der Waals surface area contributed by atoms with E-state index in [4.69, 9.17) is 5.53 Å². The van der Waals surface area contributed by atoms with Gasteiger partial charge >= 0.3 is 6.18 Å². The van der Waals surface area contributed by atoms with E-state index in [0.29, 0.717) is 12.0 Å². The van der Waals surface area contributed by atoms with Crippen molar-refractivity contribution in [2.75, 3.05) is 6.54 Å². The normalized spacial score (nSPS) is 11.0. The molecule has 0 amide bonds. The summed E-state index contributed by atoms with van der Waals surface area (Å²) in [5, 5.41) is 3.34. The highest BCUT2D eigenvalue weighted by molar-refractivity contribution is 5.32. The Morgan fingerprint density at radius 1 is 1.38 bits per heavy atom. The number of benzene rings is 1. The third-order valence-corrected chi connectivity index (χ3v) is 2.21. The van der Waals surface area contributed by atoms with Crippen LogP contribution in [0, 0.1) is 6.92 Å². The summed E-state index contributed by atoms with van der Waals surface area (Å²) in [4.78, 5) is 2.58. The van der Waals surface area contributed by atoms with Gasteiger partial charge in [-0.05, 0) is 42.1 Å². The Hall–Kier alpha value is -1.68. The molecule has 1 aromatic carbocycles. The number of hydrogen-bond donors (Lipinski definition) is 0. The maximum Gasteiger partial charge on any atom is 0.416 e. The highest BCUT2D eigenvalue weighted by Gasteiger charge is 2.30. The predicted octanol–water partition coefficient (Wildman–Crippen LogP) is 3.87. The third-order valence-electron chi connectivity index (χ3n) is 2.21. The molecule has 3 nitrogen and oxygen atoms in total. The van der Waals surface area contributed by atoms with Crippen molar-refractivity contribution in [1.82, 2.24) is 0 Å². The van der Waals surface area contributed by atoms with Gasteiger partial charge in [0.1, 0.15) is 0 Å². The van der Waals surface area contributed by atoms with Crippen LogP contribution in [0.25, 0.3) is 10.4 Å². The Morgan fingerprint density at radius 2 is 2.06 bits per heavy atom. The minimum Gasteiger partial charge on any atom is -0.166 e. The molecule has 0 radical (unpaired) electrons. The van der Waals surface area contributed by atoms with Crippen LogP contribution in [-0.2, 0) is 12.6 Å². The van der Waals surface area contributed by atoms with Crippen LogP contribution in [0.4, 0.5) is 13.2 Å². The maximum atomic E-state index is 12.3. The van der Waals surface area contributed by atoms with Crippen LogP contribution in [0.2, 0.25) is 0 Å². The number of alkyl halides is 3. The molecule has 0 saturated carbocycles. The Balaban J connectivity index is 2.87. The van der Waals surface area contributed by atoms with Crippen molar-refractivity contribution in [1.29, 1.82) is 0 Å². The third kappa shape index (κ3) is 3.17. The Morgan fingerprint density at radius 3 is 2.56 bits per heavy atom. The van der Waals surface area contributed by atoms with Crippen molar-refractivity contribution in [3.05, 3.63) is 45.3 Å². The van der Waals surface area contributed by atoms with Crippen LogP contribution >= 0.6 is 0 Å². The largest absolute Gasteiger partial charge is 0.416 e. The van der Waals surface area contributed by atoms with Crippen LogP contribution in [0.1, 0.15) is 16.7 Å². The van der Waals surface area contributed by atoms with Gasteiger partial charge in [-0.1, -0.05) is 11.2 Å². The van der Waals surface area contributed by atoms with Crippen molar-refractivity contribution in [2.24, 2.45) is 5.11 Å². The van der Waals surface area contributed by atoms with E-state index < -0.39 is 11.7 Å². The first kappa shape index (κ1) is 12.4. The first-order valence-electron chi connectivity index (χ1n) is 4.62. The topological polar surface area (TPSA) is 48.8 Å². The lowest BCUT2D eigenvalue weighted by atomic mass is 10.0. The molecule has 86 valence electrons. The molecule has 0 aliphatic heterocycles. The van der Waals surface area contributed by atoms with Crippen molar-refractivity contribution < 1.29 is 13.2 Å². The number of nitrogens with zero attached hydrogens (tertiary/aromatic N) is 3. The summed E-state index contributed by atoms with van der Waals surface area (Å²) >= 11 is 0. The van der Waals surface area contributed by atoms with Crippen LogP contribution in [0.5, 0.6) is 0 Å². The van der Waals surface area contributed by atoms with Crippen LogP contribution in [-0.4, -0.2) is 6.54 Å². The lowest BCUT2D eigenvalue weighted by Crippen LogP contribution is -2.06. The molecule has 0 aromatic heterocycles. The summed E-state index contributed by atoms with van der Waals surface area (Å²) in [7, 11) is 0. The van der Waals surface area contributed by atoms with E-state index >= 15 is 0 Å². The van der Waals surface area contributed by atoms with Gasteiger partial charge in [0.05, 0.1) is 5.56 Å². The van der Waals surface area contributed by atoms with Gasteiger partial charge in [0.25, 0.3) is 0 Å². The van der Waals surface area contributed by atoms with E-state index in [-0.39, 0.29) is 6.54 Å². The molecule has 0 heterocycles. The van der Waals surface area contributed by atoms with Crippen LogP contribution in [0.15, 0.2) is 23.3 Å². The summed E-state index contributed by atoms with van der Waals surface area (Å²) in [5.74, 6) is 0. The quantitative estimate of drug-likeness (QED) is 0.429. The van der Waals surface area contributed by atoms with Crippen molar-refractivity contribution in [2.45, 2.75) is 19.5 Å². The second kappa shape index (κ2) is 4.90. The monoisotopic (exact) mass is 229 g/mol. The Kier molecular flexibility index (Phi) is 3.79. The van der Waals surface area contributed by atoms with E-state index in [0.717, 1.165) is 17.7 Å². The zero-order valence-electron chi connectivity index (χ0n) is 8.62. The van der Waals surface area contributed by atoms with Gasteiger partial charge in [0.15, 0.2) is 0 Å². The van der Waals surface area contributed by atoms with E-state index in [1.54, 1.807) is 6.92 Å². The van der Waals surface area contributed by atoms with Gasteiger partial charge in [-0.2, -0.15) is 13.2 Å². The SMILES string of the molecule is Cc1cc(C(F)(F)F)ccc1CCN=[N+]=[N-]. The highest BCUT2D eigenvalue weighted by atomic mass is 19.4. The average Bonchev–Trinajstić information content (AvgIpc) is 2.19. The van der Waals surface area contributed by atoms with E-state index in [1.165, 1.54) is 6.07 Å². The first-order chi connectivity index (χ1) is 7.45. The highest BCUT2D eigenvalue weighted by Crippen LogP contribution is 2.30. The fraction of sp³-hybridized carbons (Fsp3) is 0.400. The molecular formula is C10H10F3N3. The minimum atomic E-state index is -4.31. The maximum absolute atomic E-state index is 12.3. The Bertz CT molecular complexity index is 420. The van der Waals surface area contributed by atoms with E-state index in [9.17, 15) is 13.2 Å². The summed E-state index contributed by atoms with van der Waals surface area (Å²) in [5.41, 5.74) is 8.74. The van der Waals surface area contributed by atoms with Gasteiger partial charge < -0.3 is 0 Å². The molecule has 0 unspecified atom stereocenters. The molecule has 0 aliphatic rings. The van der Waals surface area contributed by atoms with Gasteiger partial charge in [0.2, 0.25) is 0 Å². The Labute approximate surface area is 90.5 Å². The summed E-state index contributed by atoms with van der Waals surface area (Å²) in [6.45, 7) is 1.86. The summed E-state index contributed by atoms with van der Waals surface area (Å²) < 4.78 is 37.0. The molecule has 6 heteroatoms. The lowest BCUT2D eigenvalue weighted by molar-refractivity contribution is -0.137. The molecule has 0 aliphatic carbocycles. The zero-order chi connectivity index (χ0) is 12.2. The minimum absolute atomic E-state index is 0.253. The molecule has 0 fully saturated rings. The van der Waals surface area contributed by atoms with Gasteiger partial charge in [0, 0.05) is 11.5 Å². The molecule has 0 saturated heterocycles. The second-order valence-electron chi connectivity index (χ2n) is 3.34. The van der Waals surface area contributed by atoms with Crippen molar-refractivity contribution in [3.63, 3.8) is 0 Å².